The van der Waals surface area contributed by atoms with E-state index in [4.69, 9.17) is 25.6 Å². The van der Waals surface area contributed by atoms with Gasteiger partial charge in [-0.15, -0.1) is 0 Å². The van der Waals surface area contributed by atoms with Gasteiger partial charge in [-0.1, -0.05) is 91.0 Å². The van der Waals surface area contributed by atoms with Gasteiger partial charge >= 0.3 is 17.4 Å². The fraction of sp³-hybridized carbons (Fsp3) is 0.455. The first-order valence-corrected chi connectivity index (χ1v) is 32.0. The van der Waals surface area contributed by atoms with Crippen LogP contribution in [0.1, 0.15) is 0 Å². The molecule has 0 unspecified atom stereocenters. The summed E-state index contributed by atoms with van der Waals surface area (Å²) in [5.74, 6) is 0. The standard InChI is InChI=1S/C33H56O6Si6/c1-34-44(35-2,36-3)30-29-41(6,7)37-40(4,5)27-28-42(8,9)38-45(32-23-17-13-18-24-32,33-25-19-14-20-26-33)39-43(10,11)31-21-15-12-16-22-31/h12-26H,27-30H2,1-11H3. The van der Waals surface area contributed by atoms with Crippen molar-refractivity contribution in [3.63, 3.8) is 0 Å². The molecular formula is C33H56O6Si6. The second-order valence-electron chi connectivity index (χ2n) is 14.1. The van der Waals surface area contributed by atoms with Gasteiger partial charge in [0.25, 0.3) is 0 Å². The van der Waals surface area contributed by atoms with E-state index in [0.717, 1.165) is 34.5 Å². The molecule has 0 fully saturated rings. The van der Waals surface area contributed by atoms with Crippen LogP contribution in [-0.2, 0) is 25.6 Å². The minimum atomic E-state index is -3.12. The van der Waals surface area contributed by atoms with Crippen LogP contribution in [0, 0.1) is 0 Å². The molecule has 248 valence electrons. The largest absolute Gasteiger partial charge is 0.499 e. The Hall–Kier alpha value is -1.28. The van der Waals surface area contributed by atoms with Gasteiger partial charge < -0.3 is 25.6 Å². The Morgan fingerprint density at radius 3 is 1.11 bits per heavy atom. The molecule has 0 aromatic heterocycles. The highest BCUT2D eigenvalue weighted by molar-refractivity contribution is 7.04. The van der Waals surface area contributed by atoms with Crippen molar-refractivity contribution in [3.8, 4) is 0 Å². The van der Waals surface area contributed by atoms with Crippen LogP contribution in [0.15, 0.2) is 91.0 Å². The van der Waals surface area contributed by atoms with Gasteiger partial charge in [0.15, 0.2) is 25.0 Å². The van der Waals surface area contributed by atoms with E-state index in [2.05, 4.69) is 143 Å². The van der Waals surface area contributed by atoms with Crippen LogP contribution in [0.2, 0.25) is 76.6 Å². The third kappa shape index (κ3) is 10.6. The second kappa shape index (κ2) is 15.7. The maximum absolute atomic E-state index is 7.64. The first-order valence-electron chi connectivity index (χ1n) is 16.0. The monoisotopic (exact) mass is 716 g/mol. The highest BCUT2D eigenvalue weighted by Crippen LogP contribution is 2.31. The predicted octanol–water partition coefficient (Wildman–Crippen LogP) is 6.90. The minimum Gasteiger partial charge on any atom is -0.456 e. The van der Waals surface area contributed by atoms with Gasteiger partial charge in [-0.2, -0.15) is 0 Å². The van der Waals surface area contributed by atoms with Crippen molar-refractivity contribution >= 4 is 66.2 Å². The summed E-state index contributed by atoms with van der Waals surface area (Å²) in [7, 11) is -9.39. The Bertz CT molecular complexity index is 1260. The van der Waals surface area contributed by atoms with Crippen molar-refractivity contribution < 1.29 is 25.6 Å². The van der Waals surface area contributed by atoms with E-state index in [9.17, 15) is 0 Å². The average Bonchev–Trinajstić information content (AvgIpc) is 3.01. The molecule has 0 amide bonds. The SMILES string of the molecule is CO[Si](CC[Si](C)(C)O[Si](C)(C)CC[Si](C)(C)O[Si](O[Si](C)(C)c1ccccc1)(c1ccccc1)c1ccccc1)(OC)OC. The summed E-state index contributed by atoms with van der Waals surface area (Å²) in [5.41, 5.74) is 0. The fourth-order valence-corrected chi connectivity index (χ4v) is 34.1. The summed E-state index contributed by atoms with van der Waals surface area (Å²) >= 11 is 0. The molecule has 0 aliphatic carbocycles. The predicted molar refractivity (Wildman–Crippen MR) is 203 cm³/mol. The molecule has 0 saturated heterocycles. The summed E-state index contributed by atoms with van der Waals surface area (Å²) in [5, 5.41) is 3.60. The highest BCUT2D eigenvalue weighted by atomic mass is 28.5. The third-order valence-electron chi connectivity index (χ3n) is 8.44. The molecule has 3 rings (SSSR count). The summed E-state index contributed by atoms with van der Waals surface area (Å²) < 4.78 is 39.4. The lowest BCUT2D eigenvalue weighted by Gasteiger charge is -2.44. The van der Waals surface area contributed by atoms with Crippen molar-refractivity contribution in [2.45, 2.75) is 76.6 Å². The first kappa shape index (κ1) is 38.2. The van der Waals surface area contributed by atoms with Crippen LogP contribution >= 0.6 is 0 Å². The smallest absolute Gasteiger partial charge is 0.456 e. The molecule has 0 heterocycles. The molecule has 12 heteroatoms. The Labute approximate surface area is 279 Å². The highest BCUT2D eigenvalue weighted by Gasteiger charge is 2.51. The lowest BCUT2D eigenvalue weighted by molar-refractivity contribution is 0.125. The summed E-state index contributed by atoms with van der Waals surface area (Å²) in [4.78, 5) is 0. The summed E-state index contributed by atoms with van der Waals surface area (Å²) in [6.45, 7) is 18.7. The van der Waals surface area contributed by atoms with Crippen LogP contribution in [0.3, 0.4) is 0 Å². The summed E-state index contributed by atoms with van der Waals surface area (Å²) in [6.07, 6.45) is 0. The normalized spacial score (nSPS) is 13.7. The van der Waals surface area contributed by atoms with E-state index in [1.54, 1.807) is 21.3 Å². The van der Waals surface area contributed by atoms with E-state index >= 15 is 0 Å². The van der Waals surface area contributed by atoms with Crippen molar-refractivity contribution in [2.24, 2.45) is 0 Å². The molecule has 3 aromatic carbocycles. The van der Waals surface area contributed by atoms with Crippen molar-refractivity contribution in [3.05, 3.63) is 91.0 Å². The van der Waals surface area contributed by atoms with Gasteiger partial charge in [0.2, 0.25) is 8.32 Å². The van der Waals surface area contributed by atoms with E-state index < -0.39 is 50.6 Å². The van der Waals surface area contributed by atoms with Crippen LogP contribution < -0.4 is 15.6 Å². The molecule has 0 bridgehead atoms. The van der Waals surface area contributed by atoms with E-state index in [1.165, 1.54) is 5.19 Å². The van der Waals surface area contributed by atoms with Gasteiger partial charge in [0.1, 0.15) is 0 Å². The van der Waals surface area contributed by atoms with E-state index in [0.29, 0.717) is 0 Å². The zero-order valence-corrected chi connectivity index (χ0v) is 35.4. The maximum Gasteiger partial charge on any atom is 0.499 e. The van der Waals surface area contributed by atoms with E-state index in [-0.39, 0.29) is 0 Å². The number of hydrogen-bond acceptors (Lipinski definition) is 6. The molecule has 0 spiro atoms. The van der Waals surface area contributed by atoms with Crippen molar-refractivity contribution in [2.75, 3.05) is 21.3 Å². The minimum absolute atomic E-state index is 0.768. The molecule has 3 aromatic rings. The van der Waals surface area contributed by atoms with Crippen LogP contribution in [-0.4, -0.2) is 72.0 Å². The van der Waals surface area contributed by atoms with Gasteiger partial charge in [-0.05, 0) is 86.1 Å². The maximum atomic E-state index is 7.64. The van der Waals surface area contributed by atoms with Crippen molar-refractivity contribution in [1.29, 1.82) is 0 Å². The second-order valence-corrected chi connectivity index (χ2v) is 37.7. The molecule has 0 aliphatic rings. The average molecular weight is 717 g/mol. The summed E-state index contributed by atoms with van der Waals surface area (Å²) in [6, 6.07) is 35.9. The molecule has 45 heavy (non-hydrogen) atoms. The lowest BCUT2D eigenvalue weighted by atomic mass is 10.4. The van der Waals surface area contributed by atoms with Gasteiger partial charge in [0.05, 0.1) is 0 Å². The number of benzene rings is 3. The Kier molecular flexibility index (Phi) is 13.4. The van der Waals surface area contributed by atoms with Gasteiger partial charge in [-0.25, -0.2) is 0 Å². The van der Waals surface area contributed by atoms with Crippen molar-refractivity contribution in [1.82, 2.24) is 0 Å². The molecule has 0 radical (unpaired) electrons. The quantitative estimate of drug-likeness (QED) is 0.134. The van der Waals surface area contributed by atoms with E-state index in [1.807, 2.05) is 0 Å². The van der Waals surface area contributed by atoms with Crippen LogP contribution in [0.25, 0.3) is 0 Å². The van der Waals surface area contributed by atoms with Crippen LogP contribution in [0.5, 0.6) is 0 Å². The molecule has 0 saturated carbocycles. The Morgan fingerprint density at radius 2 is 0.733 bits per heavy atom. The lowest BCUT2D eigenvalue weighted by Crippen LogP contribution is -2.72. The molecule has 6 nitrogen and oxygen atoms in total. The number of rotatable bonds is 18. The molecule has 0 atom stereocenters. The molecule has 0 N–H and O–H groups in total. The third-order valence-corrected chi connectivity index (χ3v) is 31.4. The first-order chi connectivity index (χ1) is 21.0. The molecular weight excluding hydrogens is 661 g/mol. The molecule has 0 aliphatic heterocycles. The Morgan fingerprint density at radius 1 is 0.400 bits per heavy atom. The zero-order chi connectivity index (χ0) is 33.4. The Balaban J connectivity index is 1.91. The topological polar surface area (TPSA) is 55.4 Å². The zero-order valence-electron chi connectivity index (χ0n) is 29.4. The van der Waals surface area contributed by atoms with Gasteiger partial charge in [0, 0.05) is 27.4 Å². The number of hydrogen-bond donors (Lipinski definition) is 0. The fourth-order valence-electron chi connectivity index (χ4n) is 5.90. The van der Waals surface area contributed by atoms with Crippen LogP contribution in [0.4, 0.5) is 0 Å². The van der Waals surface area contributed by atoms with Gasteiger partial charge in [-0.3, -0.25) is 0 Å².